The number of halogens is 1. The third-order valence-electron chi connectivity index (χ3n) is 1.97. The zero-order chi connectivity index (χ0) is 6.15. The topological polar surface area (TPSA) is 26.0 Å². The summed E-state index contributed by atoms with van der Waals surface area (Å²) >= 11 is 5.84. The third-order valence-corrected chi connectivity index (χ3v) is 2.62. The highest BCUT2D eigenvalue weighted by atomic mass is 35.5. The van der Waals surface area contributed by atoms with Crippen molar-refractivity contribution < 1.29 is 0 Å². The van der Waals surface area contributed by atoms with Gasteiger partial charge in [-0.15, -0.1) is 11.6 Å². The van der Waals surface area contributed by atoms with Gasteiger partial charge in [-0.2, -0.15) is 0 Å². The Hall–Kier alpha value is 0.250. The van der Waals surface area contributed by atoms with Gasteiger partial charge in [0.05, 0.1) is 0 Å². The number of alkyl halides is 1. The lowest BCUT2D eigenvalue weighted by Crippen LogP contribution is -2.02. The van der Waals surface area contributed by atoms with Crippen molar-refractivity contribution in [3.63, 3.8) is 0 Å². The first-order valence-electron chi connectivity index (χ1n) is 3.15. The molecule has 1 rings (SSSR count). The quantitative estimate of drug-likeness (QED) is 0.563. The van der Waals surface area contributed by atoms with Crippen molar-refractivity contribution in [3.8, 4) is 0 Å². The van der Waals surface area contributed by atoms with Gasteiger partial charge in [0.25, 0.3) is 0 Å². The van der Waals surface area contributed by atoms with Gasteiger partial charge in [0.1, 0.15) is 0 Å². The molecule has 1 aliphatic rings. The minimum absolute atomic E-state index is 0.394. The molecular formula is C6H12ClN. The molecule has 0 saturated heterocycles. The lowest BCUT2D eigenvalue weighted by atomic mass is 10.3. The van der Waals surface area contributed by atoms with E-state index in [1.165, 1.54) is 6.42 Å². The van der Waals surface area contributed by atoms with E-state index in [1.807, 2.05) is 0 Å². The van der Waals surface area contributed by atoms with Crippen LogP contribution in [0.1, 0.15) is 13.3 Å². The van der Waals surface area contributed by atoms with Crippen LogP contribution in [-0.4, -0.2) is 11.9 Å². The third kappa shape index (κ3) is 0.848. The Kier molecular flexibility index (Phi) is 1.78. The van der Waals surface area contributed by atoms with Gasteiger partial charge in [0.15, 0.2) is 0 Å². The summed E-state index contributed by atoms with van der Waals surface area (Å²) in [6, 6.07) is 0. The van der Waals surface area contributed by atoms with Crippen molar-refractivity contribution in [2.24, 2.45) is 17.6 Å². The number of nitrogens with two attached hydrogens (primary N) is 1. The van der Waals surface area contributed by atoms with Crippen molar-refractivity contribution in [1.82, 2.24) is 0 Å². The summed E-state index contributed by atoms with van der Waals surface area (Å²) in [7, 11) is 0. The molecule has 2 heteroatoms. The zero-order valence-electron chi connectivity index (χ0n) is 5.10. The second kappa shape index (κ2) is 2.24. The van der Waals surface area contributed by atoms with Gasteiger partial charge in [0.2, 0.25) is 0 Å². The SMILES string of the molecule is CC[C@@H]1[C@@H](Cl)[C@H]1CN. The number of hydrogen-bond donors (Lipinski definition) is 1. The van der Waals surface area contributed by atoms with E-state index < -0.39 is 0 Å². The second-order valence-electron chi connectivity index (χ2n) is 2.42. The molecule has 2 N–H and O–H groups in total. The lowest BCUT2D eigenvalue weighted by molar-refractivity contribution is 0.687. The van der Waals surface area contributed by atoms with E-state index in [4.69, 9.17) is 17.3 Å². The van der Waals surface area contributed by atoms with Crippen LogP contribution in [0.5, 0.6) is 0 Å². The minimum atomic E-state index is 0.394. The molecule has 48 valence electrons. The van der Waals surface area contributed by atoms with E-state index in [-0.39, 0.29) is 0 Å². The van der Waals surface area contributed by atoms with Crippen LogP contribution in [0.4, 0.5) is 0 Å². The normalized spacial score (nSPS) is 44.6. The van der Waals surface area contributed by atoms with Gasteiger partial charge < -0.3 is 5.73 Å². The van der Waals surface area contributed by atoms with Crippen molar-refractivity contribution in [1.29, 1.82) is 0 Å². The molecule has 3 atom stereocenters. The highest BCUT2D eigenvalue weighted by Gasteiger charge is 2.45. The predicted molar refractivity (Wildman–Crippen MR) is 36.0 cm³/mol. The molecule has 0 bridgehead atoms. The number of hydrogen-bond acceptors (Lipinski definition) is 1. The zero-order valence-corrected chi connectivity index (χ0v) is 5.86. The van der Waals surface area contributed by atoms with Crippen LogP contribution < -0.4 is 5.73 Å². The monoisotopic (exact) mass is 133 g/mol. The van der Waals surface area contributed by atoms with Gasteiger partial charge in [-0.25, -0.2) is 0 Å². The average Bonchev–Trinajstić information content (AvgIpc) is 2.40. The van der Waals surface area contributed by atoms with Crippen molar-refractivity contribution >= 4 is 11.6 Å². The molecule has 1 nitrogen and oxygen atoms in total. The molecule has 0 aromatic carbocycles. The van der Waals surface area contributed by atoms with E-state index in [0.29, 0.717) is 11.3 Å². The summed E-state index contributed by atoms with van der Waals surface area (Å²) < 4.78 is 0. The maximum absolute atomic E-state index is 5.84. The van der Waals surface area contributed by atoms with Gasteiger partial charge in [0, 0.05) is 5.38 Å². The molecular weight excluding hydrogens is 122 g/mol. The van der Waals surface area contributed by atoms with E-state index >= 15 is 0 Å². The van der Waals surface area contributed by atoms with Crippen LogP contribution in [0.25, 0.3) is 0 Å². The fourth-order valence-electron chi connectivity index (χ4n) is 1.23. The van der Waals surface area contributed by atoms with Gasteiger partial charge in [-0.1, -0.05) is 13.3 Å². The van der Waals surface area contributed by atoms with Crippen LogP contribution in [0.3, 0.4) is 0 Å². The highest BCUT2D eigenvalue weighted by molar-refractivity contribution is 6.23. The van der Waals surface area contributed by atoms with Crippen LogP contribution in [0, 0.1) is 11.8 Å². The Morgan fingerprint density at radius 1 is 1.50 bits per heavy atom. The van der Waals surface area contributed by atoms with Crippen molar-refractivity contribution in [2.75, 3.05) is 6.54 Å². The average molecular weight is 134 g/mol. The molecule has 8 heavy (non-hydrogen) atoms. The maximum Gasteiger partial charge on any atom is 0.0411 e. The summed E-state index contributed by atoms with van der Waals surface area (Å²) in [6.45, 7) is 2.93. The van der Waals surface area contributed by atoms with Crippen molar-refractivity contribution in [3.05, 3.63) is 0 Å². The van der Waals surface area contributed by atoms with Crippen LogP contribution in [-0.2, 0) is 0 Å². The predicted octanol–water partition coefficient (Wildman–Crippen LogP) is 1.21. The Morgan fingerprint density at radius 2 is 2.12 bits per heavy atom. The summed E-state index contributed by atoms with van der Waals surface area (Å²) in [5.74, 6) is 1.35. The molecule has 1 saturated carbocycles. The molecule has 0 amide bonds. The smallest absolute Gasteiger partial charge is 0.0411 e. The Labute approximate surface area is 55.2 Å². The molecule has 0 aromatic heterocycles. The standard InChI is InChI=1S/C6H12ClN/c1-2-4-5(3-8)6(4)7/h4-6H,2-3,8H2,1H3/t4-,5-,6+/m0/s1. The Balaban J connectivity index is 2.23. The fraction of sp³-hybridized carbons (Fsp3) is 1.00. The largest absolute Gasteiger partial charge is 0.330 e. The van der Waals surface area contributed by atoms with Gasteiger partial charge in [-0.05, 0) is 18.4 Å². The van der Waals surface area contributed by atoms with E-state index in [0.717, 1.165) is 12.5 Å². The molecule has 1 aliphatic carbocycles. The molecule has 0 aromatic rings. The van der Waals surface area contributed by atoms with Crippen molar-refractivity contribution in [2.45, 2.75) is 18.7 Å². The molecule has 1 fully saturated rings. The maximum atomic E-state index is 5.84. The van der Waals surface area contributed by atoms with Crippen LogP contribution >= 0.6 is 11.6 Å². The second-order valence-corrected chi connectivity index (χ2v) is 2.92. The van der Waals surface area contributed by atoms with Gasteiger partial charge in [-0.3, -0.25) is 0 Å². The van der Waals surface area contributed by atoms with Crippen LogP contribution in [0.15, 0.2) is 0 Å². The summed E-state index contributed by atoms with van der Waals surface area (Å²) in [4.78, 5) is 0. The first-order chi connectivity index (χ1) is 3.81. The van der Waals surface area contributed by atoms with Crippen LogP contribution in [0.2, 0.25) is 0 Å². The molecule has 0 heterocycles. The summed E-state index contributed by atoms with van der Waals surface area (Å²) in [6.07, 6.45) is 1.19. The Morgan fingerprint density at radius 3 is 2.25 bits per heavy atom. The summed E-state index contributed by atoms with van der Waals surface area (Å²) in [5, 5.41) is 0.394. The first-order valence-corrected chi connectivity index (χ1v) is 3.59. The molecule has 0 unspecified atom stereocenters. The fourth-order valence-corrected chi connectivity index (χ4v) is 1.80. The summed E-state index contributed by atoms with van der Waals surface area (Å²) in [5.41, 5.74) is 5.41. The number of rotatable bonds is 2. The minimum Gasteiger partial charge on any atom is -0.330 e. The molecule has 0 spiro atoms. The Bertz CT molecular complexity index is 74.6. The molecule has 0 radical (unpaired) electrons. The van der Waals surface area contributed by atoms with Gasteiger partial charge >= 0.3 is 0 Å². The first kappa shape index (κ1) is 6.37. The van der Waals surface area contributed by atoms with E-state index in [9.17, 15) is 0 Å². The van der Waals surface area contributed by atoms with E-state index in [1.54, 1.807) is 0 Å². The van der Waals surface area contributed by atoms with E-state index in [2.05, 4.69) is 6.92 Å². The lowest BCUT2D eigenvalue weighted by Gasteiger charge is -1.84. The molecule has 0 aliphatic heterocycles. The highest BCUT2D eigenvalue weighted by Crippen LogP contribution is 2.45.